The molecule has 2 aromatic carbocycles. The van der Waals surface area contributed by atoms with E-state index in [4.69, 9.17) is 27.6 Å². The van der Waals surface area contributed by atoms with Gasteiger partial charge in [-0.2, -0.15) is 0 Å². The first-order valence-electron chi connectivity index (χ1n) is 6.84. The molecular formula is C16H10Cl2FN3O2. The Morgan fingerprint density at radius 1 is 1.12 bits per heavy atom. The highest BCUT2D eigenvalue weighted by molar-refractivity contribution is 6.37. The van der Waals surface area contributed by atoms with Gasteiger partial charge in [-0.05, 0) is 35.9 Å². The number of hydrogen-bond acceptors (Lipinski definition) is 4. The number of nitrogens with zero attached hydrogens (tertiary/aromatic N) is 2. The van der Waals surface area contributed by atoms with Gasteiger partial charge in [0.25, 0.3) is 5.91 Å². The summed E-state index contributed by atoms with van der Waals surface area (Å²) in [4.78, 5) is 12.1. The molecule has 0 aliphatic carbocycles. The standard InChI is InChI=1S/C16H10Cl2FN3O2/c17-10-3-6-12(13(18)8-10)15(23)20-16-22-21-14(24-16)7-9-1-4-11(19)5-2-9/h1-6,8H,7H2,(H,20,22,23). The number of anilines is 1. The van der Waals surface area contributed by atoms with Gasteiger partial charge >= 0.3 is 6.01 Å². The molecule has 1 aromatic heterocycles. The van der Waals surface area contributed by atoms with Crippen molar-refractivity contribution in [2.75, 3.05) is 5.32 Å². The van der Waals surface area contributed by atoms with Crippen molar-refractivity contribution in [3.05, 3.63) is 75.3 Å². The van der Waals surface area contributed by atoms with Crippen molar-refractivity contribution in [3.63, 3.8) is 0 Å². The van der Waals surface area contributed by atoms with E-state index < -0.39 is 5.91 Å². The van der Waals surface area contributed by atoms with Crippen molar-refractivity contribution in [2.45, 2.75) is 6.42 Å². The third-order valence-electron chi connectivity index (χ3n) is 3.13. The minimum absolute atomic E-state index is 0.0527. The van der Waals surface area contributed by atoms with Crippen molar-refractivity contribution in [1.29, 1.82) is 0 Å². The second-order valence-corrected chi connectivity index (χ2v) is 5.73. The highest BCUT2D eigenvalue weighted by Crippen LogP contribution is 2.22. The van der Waals surface area contributed by atoms with Crippen LogP contribution in [0.1, 0.15) is 21.8 Å². The number of nitrogens with one attached hydrogen (secondary N) is 1. The van der Waals surface area contributed by atoms with Crippen LogP contribution in [0.25, 0.3) is 0 Å². The molecule has 1 heterocycles. The molecule has 0 bridgehead atoms. The lowest BCUT2D eigenvalue weighted by Crippen LogP contribution is -2.12. The van der Waals surface area contributed by atoms with E-state index in [1.807, 2.05) is 0 Å². The van der Waals surface area contributed by atoms with Gasteiger partial charge in [-0.3, -0.25) is 10.1 Å². The number of halogens is 3. The average molecular weight is 366 g/mol. The van der Waals surface area contributed by atoms with Gasteiger partial charge in [-0.15, -0.1) is 5.10 Å². The molecule has 24 heavy (non-hydrogen) atoms. The molecular weight excluding hydrogens is 356 g/mol. The largest absolute Gasteiger partial charge is 0.407 e. The Kier molecular flexibility index (Phi) is 4.78. The number of amides is 1. The fourth-order valence-corrected chi connectivity index (χ4v) is 2.48. The lowest BCUT2D eigenvalue weighted by molar-refractivity contribution is 0.102. The van der Waals surface area contributed by atoms with Crippen LogP contribution in [0.5, 0.6) is 0 Å². The van der Waals surface area contributed by atoms with E-state index in [0.29, 0.717) is 17.3 Å². The number of benzene rings is 2. The first-order chi connectivity index (χ1) is 11.5. The van der Waals surface area contributed by atoms with Crippen LogP contribution in [-0.4, -0.2) is 16.1 Å². The minimum Gasteiger partial charge on any atom is -0.407 e. The molecule has 5 nitrogen and oxygen atoms in total. The summed E-state index contributed by atoms with van der Waals surface area (Å²) in [6.07, 6.45) is 0.324. The summed E-state index contributed by atoms with van der Waals surface area (Å²) in [5.41, 5.74) is 1.04. The maximum absolute atomic E-state index is 12.9. The summed E-state index contributed by atoms with van der Waals surface area (Å²) in [5.74, 6) is -0.523. The topological polar surface area (TPSA) is 68.0 Å². The molecule has 0 radical (unpaired) electrons. The molecule has 0 saturated carbocycles. The number of aromatic nitrogens is 2. The molecule has 3 rings (SSSR count). The first-order valence-corrected chi connectivity index (χ1v) is 7.60. The Labute approximate surface area is 146 Å². The lowest BCUT2D eigenvalue weighted by atomic mass is 10.1. The third kappa shape index (κ3) is 3.90. The van der Waals surface area contributed by atoms with Crippen molar-refractivity contribution >= 4 is 35.1 Å². The van der Waals surface area contributed by atoms with Crippen molar-refractivity contribution in [2.24, 2.45) is 0 Å². The van der Waals surface area contributed by atoms with Crippen LogP contribution in [-0.2, 0) is 6.42 Å². The van der Waals surface area contributed by atoms with Gasteiger partial charge in [0.15, 0.2) is 0 Å². The second kappa shape index (κ2) is 6.98. The molecule has 1 amide bonds. The monoisotopic (exact) mass is 365 g/mol. The minimum atomic E-state index is -0.492. The predicted molar refractivity (Wildman–Crippen MR) is 87.9 cm³/mol. The summed E-state index contributed by atoms with van der Waals surface area (Å²) in [6, 6.07) is 10.4. The van der Waals surface area contributed by atoms with Gasteiger partial charge in [0.05, 0.1) is 17.0 Å². The summed E-state index contributed by atoms with van der Waals surface area (Å²) < 4.78 is 18.2. The zero-order valence-corrected chi connectivity index (χ0v) is 13.6. The fraction of sp³-hybridized carbons (Fsp3) is 0.0625. The van der Waals surface area contributed by atoms with E-state index >= 15 is 0 Å². The molecule has 0 fully saturated rings. The van der Waals surface area contributed by atoms with Crippen LogP contribution in [0.4, 0.5) is 10.4 Å². The highest BCUT2D eigenvalue weighted by atomic mass is 35.5. The molecule has 0 spiro atoms. The van der Waals surface area contributed by atoms with Crippen LogP contribution >= 0.6 is 23.2 Å². The summed E-state index contributed by atoms with van der Waals surface area (Å²) in [5, 5.41) is 10.7. The van der Waals surface area contributed by atoms with Crippen LogP contribution in [0.15, 0.2) is 46.9 Å². The van der Waals surface area contributed by atoms with Crippen LogP contribution in [0, 0.1) is 5.82 Å². The highest BCUT2D eigenvalue weighted by Gasteiger charge is 2.15. The zero-order chi connectivity index (χ0) is 17.1. The van der Waals surface area contributed by atoms with Crippen molar-refractivity contribution in [1.82, 2.24) is 10.2 Å². The quantitative estimate of drug-likeness (QED) is 0.745. The molecule has 0 atom stereocenters. The summed E-state index contributed by atoms with van der Waals surface area (Å²) in [7, 11) is 0. The van der Waals surface area contributed by atoms with Crippen LogP contribution < -0.4 is 5.32 Å². The van der Waals surface area contributed by atoms with Gasteiger partial charge in [0.1, 0.15) is 5.82 Å². The van der Waals surface area contributed by atoms with Crippen molar-refractivity contribution < 1.29 is 13.6 Å². The molecule has 122 valence electrons. The Morgan fingerprint density at radius 2 is 1.88 bits per heavy atom. The van der Waals surface area contributed by atoms with Gasteiger partial charge < -0.3 is 4.42 Å². The number of carbonyl (C=O) groups is 1. The van der Waals surface area contributed by atoms with E-state index in [9.17, 15) is 9.18 Å². The molecule has 8 heteroatoms. The van der Waals surface area contributed by atoms with E-state index in [-0.39, 0.29) is 22.4 Å². The molecule has 0 unspecified atom stereocenters. The van der Waals surface area contributed by atoms with Crippen LogP contribution in [0.2, 0.25) is 10.0 Å². The van der Waals surface area contributed by atoms with E-state index in [2.05, 4.69) is 15.5 Å². The van der Waals surface area contributed by atoms with E-state index in [1.165, 1.54) is 24.3 Å². The molecule has 0 aliphatic heterocycles. The number of rotatable bonds is 4. The Balaban J connectivity index is 1.69. The molecule has 0 saturated heterocycles. The lowest BCUT2D eigenvalue weighted by Gasteiger charge is -2.03. The Hall–Kier alpha value is -2.44. The van der Waals surface area contributed by atoms with Gasteiger partial charge in [-0.25, -0.2) is 4.39 Å². The fourth-order valence-electron chi connectivity index (χ4n) is 1.99. The van der Waals surface area contributed by atoms with Gasteiger partial charge in [-0.1, -0.05) is 40.4 Å². The smallest absolute Gasteiger partial charge is 0.322 e. The zero-order valence-electron chi connectivity index (χ0n) is 12.1. The predicted octanol–water partition coefficient (Wildman–Crippen LogP) is 4.36. The van der Waals surface area contributed by atoms with E-state index in [1.54, 1.807) is 18.2 Å². The summed E-state index contributed by atoms with van der Waals surface area (Å²) >= 11 is 11.8. The molecule has 3 aromatic rings. The SMILES string of the molecule is O=C(Nc1nnc(Cc2ccc(F)cc2)o1)c1ccc(Cl)cc1Cl. The summed E-state index contributed by atoms with van der Waals surface area (Å²) in [6.45, 7) is 0. The molecule has 0 aliphatic rings. The van der Waals surface area contributed by atoms with Gasteiger partial charge in [0.2, 0.25) is 5.89 Å². The van der Waals surface area contributed by atoms with Gasteiger partial charge in [0, 0.05) is 5.02 Å². The average Bonchev–Trinajstić information content (AvgIpc) is 2.96. The Bertz CT molecular complexity index is 881. The third-order valence-corrected chi connectivity index (χ3v) is 3.68. The van der Waals surface area contributed by atoms with E-state index in [0.717, 1.165) is 5.56 Å². The van der Waals surface area contributed by atoms with Crippen molar-refractivity contribution in [3.8, 4) is 0 Å². The number of hydrogen-bond donors (Lipinski definition) is 1. The normalized spacial score (nSPS) is 10.6. The molecule has 1 N–H and O–H groups in total. The van der Waals surface area contributed by atoms with Crippen LogP contribution in [0.3, 0.4) is 0 Å². The first kappa shape index (κ1) is 16.4. The maximum Gasteiger partial charge on any atom is 0.322 e. The Morgan fingerprint density at radius 3 is 2.58 bits per heavy atom. The second-order valence-electron chi connectivity index (χ2n) is 4.88. The number of carbonyl (C=O) groups excluding carboxylic acids is 1. The maximum atomic E-state index is 12.9.